The second kappa shape index (κ2) is 6.51. The van der Waals surface area contributed by atoms with E-state index in [0.717, 1.165) is 19.0 Å². The highest BCUT2D eigenvalue weighted by Crippen LogP contribution is 2.23. The Labute approximate surface area is 125 Å². The molecule has 1 fully saturated rings. The number of nitrogens with zero attached hydrogens (tertiary/aromatic N) is 1. The van der Waals surface area contributed by atoms with Gasteiger partial charge in [-0.2, -0.15) is 0 Å². The molecule has 2 aromatic rings. The van der Waals surface area contributed by atoms with E-state index < -0.39 is 0 Å². The van der Waals surface area contributed by atoms with Gasteiger partial charge >= 0.3 is 0 Å². The second-order valence-corrected chi connectivity index (χ2v) is 6.81. The third-order valence-corrected chi connectivity index (χ3v) is 5.20. The number of hydrogen-bond donors (Lipinski definition) is 1. The number of rotatable bonds is 5. The molecule has 3 rings (SSSR count). The summed E-state index contributed by atoms with van der Waals surface area (Å²) >= 11 is 1.86. The lowest BCUT2D eigenvalue weighted by Crippen LogP contribution is -2.25. The maximum absolute atomic E-state index is 4.73. The molecule has 0 unspecified atom stereocenters. The minimum atomic E-state index is 0.731. The Hall–Kier alpha value is -1.19. The van der Waals surface area contributed by atoms with Gasteiger partial charge in [0.2, 0.25) is 0 Å². The summed E-state index contributed by atoms with van der Waals surface area (Å²) in [4.78, 5) is 6.14. The summed E-state index contributed by atoms with van der Waals surface area (Å²) in [5, 5.41) is 4.92. The molecule has 0 radical (unpaired) electrons. The maximum Gasteiger partial charge on any atom is 0.0975 e. The normalized spacial score (nSPS) is 15.8. The number of thiazole rings is 1. The molecule has 1 heterocycles. The molecule has 0 aliphatic heterocycles. The highest BCUT2D eigenvalue weighted by molar-refractivity contribution is 7.11. The number of benzene rings is 1. The first-order chi connectivity index (χ1) is 9.81. The third kappa shape index (κ3) is 3.47. The molecule has 1 aromatic carbocycles. The van der Waals surface area contributed by atoms with Crippen LogP contribution in [0.25, 0.3) is 0 Å². The van der Waals surface area contributed by atoms with E-state index in [9.17, 15) is 0 Å². The van der Waals surface area contributed by atoms with Crippen molar-refractivity contribution >= 4 is 11.3 Å². The van der Waals surface area contributed by atoms with Gasteiger partial charge in [0.1, 0.15) is 0 Å². The smallest absolute Gasteiger partial charge is 0.0975 e. The molecule has 1 aromatic heterocycles. The monoisotopic (exact) mass is 286 g/mol. The van der Waals surface area contributed by atoms with E-state index in [0.29, 0.717) is 0 Å². The Balaban J connectivity index is 1.61. The molecule has 0 atom stereocenters. The summed E-state index contributed by atoms with van der Waals surface area (Å²) in [5.74, 6) is 0. The topological polar surface area (TPSA) is 24.9 Å². The van der Waals surface area contributed by atoms with E-state index in [1.807, 2.05) is 11.3 Å². The highest BCUT2D eigenvalue weighted by Gasteiger charge is 2.15. The molecule has 1 aliphatic rings. The van der Waals surface area contributed by atoms with Crippen molar-refractivity contribution in [3.8, 4) is 0 Å². The van der Waals surface area contributed by atoms with Crippen LogP contribution in [0.15, 0.2) is 30.3 Å². The molecule has 2 nitrogen and oxygen atoms in total. The summed E-state index contributed by atoms with van der Waals surface area (Å²) < 4.78 is 0. The first kappa shape index (κ1) is 13.8. The number of aryl methyl sites for hydroxylation is 1. The predicted molar refractivity (Wildman–Crippen MR) is 85.2 cm³/mol. The quantitative estimate of drug-likeness (QED) is 0.896. The molecule has 0 spiro atoms. The fourth-order valence-corrected chi connectivity index (χ4v) is 3.92. The van der Waals surface area contributed by atoms with E-state index >= 15 is 0 Å². The zero-order valence-electron chi connectivity index (χ0n) is 12.1. The van der Waals surface area contributed by atoms with Crippen molar-refractivity contribution < 1.29 is 0 Å². The first-order valence-corrected chi connectivity index (χ1v) is 8.35. The van der Waals surface area contributed by atoms with Gasteiger partial charge in [-0.15, -0.1) is 11.3 Å². The molecule has 20 heavy (non-hydrogen) atoms. The number of aromatic nitrogens is 1. The number of nitrogens with one attached hydrogen (secondary N) is 1. The van der Waals surface area contributed by atoms with Gasteiger partial charge < -0.3 is 5.32 Å². The van der Waals surface area contributed by atoms with Crippen molar-refractivity contribution in [1.29, 1.82) is 0 Å². The predicted octanol–water partition coefficient (Wildman–Crippen LogP) is 4.07. The Morgan fingerprint density at radius 2 is 1.95 bits per heavy atom. The summed E-state index contributed by atoms with van der Waals surface area (Å²) in [6, 6.07) is 11.3. The summed E-state index contributed by atoms with van der Waals surface area (Å²) in [6.45, 7) is 3.12. The van der Waals surface area contributed by atoms with Crippen molar-refractivity contribution in [3.05, 3.63) is 51.5 Å². The van der Waals surface area contributed by atoms with Gasteiger partial charge in [-0.1, -0.05) is 43.2 Å². The van der Waals surface area contributed by atoms with Crippen LogP contribution in [0.1, 0.15) is 46.8 Å². The van der Waals surface area contributed by atoms with E-state index in [-0.39, 0.29) is 0 Å². The van der Waals surface area contributed by atoms with Crippen LogP contribution < -0.4 is 5.32 Å². The van der Waals surface area contributed by atoms with Crippen LogP contribution >= 0.6 is 11.3 Å². The van der Waals surface area contributed by atoms with Gasteiger partial charge in [-0.05, 0) is 25.3 Å². The minimum absolute atomic E-state index is 0.731. The van der Waals surface area contributed by atoms with Crippen LogP contribution in [-0.2, 0) is 13.0 Å². The van der Waals surface area contributed by atoms with Gasteiger partial charge in [0.05, 0.1) is 10.7 Å². The largest absolute Gasteiger partial charge is 0.309 e. The van der Waals surface area contributed by atoms with Crippen molar-refractivity contribution in [2.24, 2.45) is 0 Å². The Morgan fingerprint density at radius 3 is 2.70 bits per heavy atom. The fourth-order valence-electron chi connectivity index (χ4n) is 2.87. The maximum atomic E-state index is 4.73. The number of hydrogen-bond acceptors (Lipinski definition) is 3. The van der Waals surface area contributed by atoms with Gasteiger partial charge in [0, 0.05) is 23.9 Å². The average Bonchev–Trinajstić information content (AvgIpc) is 3.08. The highest BCUT2D eigenvalue weighted by atomic mass is 32.1. The Kier molecular flexibility index (Phi) is 4.48. The Bertz CT molecular complexity index is 541. The third-order valence-electron chi connectivity index (χ3n) is 4.04. The lowest BCUT2D eigenvalue weighted by Gasteiger charge is -2.10. The summed E-state index contributed by atoms with van der Waals surface area (Å²) in [5.41, 5.74) is 2.54. The first-order valence-electron chi connectivity index (χ1n) is 7.54. The van der Waals surface area contributed by atoms with Crippen LogP contribution in [-0.4, -0.2) is 11.0 Å². The van der Waals surface area contributed by atoms with Crippen LogP contribution in [0, 0.1) is 6.92 Å². The fraction of sp³-hybridized carbons (Fsp3) is 0.471. The van der Waals surface area contributed by atoms with E-state index in [2.05, 4.69) is 42.6 Å². The lowest BCUT2D eigenvalue weighted by atomic mass is 10.2. The zero-order valence-corrected chi connectivity index (χ0v) is 12.9. The average molecular weight is 286 g/mol. The van der Waals surface area contributed by atoms with Crippen LogP contribution in [0.5, 0.6) is 0 Å². The molecular weight excluding hydrogens is 264 g/mol. The van der Waals surface area contributed by atoms with Crippen molar-refractivity contribution in [3.63, 3.8) is 0 Å². The summed E-state index contributed by atoms with van der Waals surface area (Å²) in [6.07, 6.45) is 6.41. The van der Waals surface area contributed by atoms with Crippen LogP contribution in [0.2, 0.25) is 0 Å². The van der Waals surface area contributed by atoms with Crippen molar-refractivity contribution in [2.45, 2.75) is 51.6 Å². The summed E-state index contributed by atoms with van der Waals surface area (Å²) in [7, 11) is 0. The molecule has 1 aliphatic carbocycles. The van der Waals surface area contributed by atoms with Crippen LogP contribution in [0.4, 0.5) is 0 Å². The molecule has 3 heteroatoms. The van der Waals surface area contributed by atoms with Crippen molar-refractivity contribution in [1.82, 2.24) is 10.3 Å². The van der Waals surface area contributed by atoms with Crippen LogP contribution in [0.3, 0.4) is 0 Å². The molecule has 1 N–H and O–H groups in total. The molecular formula is C17H22N2S. The molecule has 1 saturated carbocycles. The molecule has 106 valence electrons. The van der Waals surface area contributed by atoms with Gasteiger partial charge in [-0.25, -0.2) is 4.98 Å². The minimum Gasteiger partial charge on any atom is -0.309 e. The van der Waals surface area contributed by atoms with Gasteiger partial charge in [-0.3, -0.25) is 0 Å². The Morgan fingerprint density at radius 1 is 1.20 bits per heavy atom. The van der Waals surface area contributed by atoms with Crippen molar-refractivity contribution in [2.75, 3.05) is 0 Å². The SMILES string of the molecule is Cc1nc(Cc2ccccc2)sc1CNC1CCCC1. The van der Waals surface area contributed by atoms with Gasteiger partial charge in [0.25, 0.3) is 0 Å². The molecule has 0 bridgehead atoms. The van der Waals surface area contributed by atoms with E-state index in [1.165, 1.54) is 46.8 Å². The lowest BCUT2D eigenvalue weighted by molar-refractivity contribution is 0.526. The van der Waals surface area contributed by atoms with Gasteiger partial charge in [0.15, 0.2) is 0 Å². The second-order valence-electron chi connectivity index (χ2n) is 5.64. The molecule has 0 saturated heterocycles. The van der Waals surface area contributed by atoms with E-state index in [1.54, 1.807) is 0 Å². The zero-order chi connectivity index (χ0) is 13.8. The molecule has 0 amide bonds. The van der Waals surface area contributed by atoms with E-state index in [4.69, 9.17) is 4.98 Å². The standard InChI is InChI=1S/C17H22N2S/c1-13-16(12-18-15-9-5-6-10-15)20-17(19-13)11-14-7-3-2-4-8-14/h2-4,7-8,15,18H,5-6,9-12H2,1H3.